The van der Waals surface area contributed by atoms with Crippen molar-refractivity contribution in [2.45, 2.75) is 6.61 Å². The Balaban J connectivity index is 2.08. The third-order valence-corrected chi connectivity index (χ3v) is 2.92. The summed E-state index contributed by atoms with van der Waals surface area (Å²) in [6.45, 7) is 0.312. The summed E-state index contributed by atoms with van der Waals surface area (Å²) in [5.74, 6) is 0.00552. The van der Waals surface area contributed by atoms with Gasteiger partial charge in [-0.05, 0) is 29.8 Å². The molecule has 19 heavy (non-hydrogen) atoms. The Hall–Kier alpha value is -2.20. The van der Waals surface area contributed by atoms with Gasteiger partial charge in [-0.15, -0.1) is 0 Å². The van der Waals surface area contributed by atoms with Crippen molar-refractivity contribution in [3.63, 3.8) is 0 Å². The fourth-order valence-electron chi connectivity index (χ4n) is 1.60. The summed E-state index contributed by atoms with van der Waals surface area (Å²) in [6, 6.07) is 12.0. The van der Waals surface area contributed by atoms with E-state index in [4.69, 9.17) is 27.8 Å². The van der Waals surface area contributed by atoms with Crippen molar-refractivity contribution < 1.29 is 9.53 Å². The molecule has 0 aliphatic carbocycles. The minimum absolute atomic E-state index is 0.312. The molecule has 0 saturated carbocycles. The lowest BCUT2D eigenvalue weighted by molar-refractivity contribution is 0.1000. The number of ether oxygens (including phenoxy) is 1. The molecular formula is C14H13ClN2O2. The monoisotopic (exact) mass is 276 g/mol. The summed E-state index contributed by atoms with van der Waals surface area (Å²) in [5, 5.41) is 0.466. The number of nitrogens with two attached hydrogens (primary N) is 2. The second kappa shape index (κ2) is 5.63. The Bertz CT molecular complexity index is 577. The van der Waals surface area contributed by atoms with Gasteiger partial charge in [0.2, 0.25) is 5.91 Å². The Morgan fingerprint density at radius 2 is 1.84 bits per heavy atom. The standard InChI is InChI=1S/C14H13ClN2O2/c15-11-2-1-3-12(16)13(11)19-8-9-4-6-10(7-5-9)14(17)18/h1-7H,8,16H2,(H2,17,18). The molecule has 0 spiro atoms. The predicted molar refractivity (Wildman–Crippen MR) is 75.2 cm³/mol. The molecule has 0 unspecified atom stereocenters. The van der Waals surface area contributed by atoms with Crippen molar-refractivity contribution in [3.8, 4) is 5.75 Å². The van der Waals surface area contributed by atoms with E-state index in [1.54, 1.807) is 42.5 Å². The molecule has 4 N–H and O–H groups in total. The van der Waals surface area contributed by atoms with Crippen LogP contribution in [0, 0.1) is 0 Å². The van der Waals surface area contributed by atoms with Crippen molar-refractivity contribution in [1.82, 2.24) is 0 Å². The normalized spacial score (nSPS) is 10.2. The van der Waals surface area contributed by atoms with Crippen LogP contribution in [0.15, 0.2) is 42.5 Å². The fraction of sp³-hybridized carbons (Fsp3) is 0.0714. The smallest absolute Gasteiger partial charge is 0.248 e. The number of rotatable bonds is 4. The second-order valence-electron chi connectivity index (χ2n) is 4.01. The van der Waals surface area contributed by atoms with Crippen LogP contribution in [0.5, 0.6) is 5.75 Å². The van der Waals surface area contributed by atoms with E-state index in [1.807, 2.05) is 0 Å². The SMILES string of the molecule is NC(=O)c1ccc(COc2c(N)cccc2Cl)cc1. The van der Waals surface area contributed by atoms with Crippen LogP contribution in [0.3, 0.4) is 0 Å². The number of primary amides is 1. The molecule has 0 aliphatic rings. The average Bonchev–Trinajstić information content (AvgIpc) is 2.38. The van der Waals surface area contributed by atoms with Gasteiger partial charge in [0.05, 0.1) is 10.7 Å². The van der Waals surface area contributed by atoms with Crippen molar-refractivity contribution >= 4 is 23.2 Å². The lowest BCUT2D eigenvalue weighted by Crippen LogP contribution is -2.10. The maximum absolute atomic E-state index is 10.9. The molecule has 2 aromatic carbocycles. The van der Waals surface area contributed by atoms with E-state index in [9.17, 15) is 4.79 Å². The molecule has 0 bridgehead atoms. The van der Waals surface area contributed by atoms with E-state index >= 15 is 0 Å². The summed E-state index contributed by atoms with van der Waals surface area (Å²) >= 11 is 6.00. The summed E-state index contributed by atoms with van der Waals surface area (Å²) in [5.41, 5.74) is 12.8. The van der Waals surface area contributed by atoms with Crippen molar-refractivity contribution in [2.75, 3.05) is 5.73 Å². The summed E-state index contributed by atoms with van der Waals surface area (Å²) in [4.78, 5) is 10.9. The number of nitrogen functional groups attached to an aromatic ring is 1. The molecule has 98 valence electrons. The zero-order chi connectivity index (χ0) is 13.8. The first-order chi connectivity index (χ1) is 9.08. The Morgan fingerprint density at radius 1 is 1.16 bits per heavy atom. The first-order valence-electron chi connectivity index (χ1n) is 5.63. The van der Waals surface area contributed by atoms with Gasteiger partial charge in [-0.3, -0.25) is 4.79 Å². The van der Waals surface area contributed by atoms with Crippen LogP contribution in [-0.2, 0) is 6.61 Å². The van der Waals surface area contributed by atoms with Crippen LogP contribution in [-0.4, -0.2) is 5.91 Å². The number of hydrogen-bond donors (Lipinski definition) is 2. The molecule has 0 aromatic heterocycles. The van der Waals surface area contributed by atoms with Crippen LogP contribution < -0.4 is 16.2 Å². The molecule has 4 nitrogen and oxygen atoms in total. The average molecular weight is 277 g/mol. The van der Waals surface area contributed by atoms with Gasteiger partial charge in [-0.25, -0.2) is 0 Å². The van der Waals surface area contributed by atoms with E-state index in [1.165, 1.54) is 0 Å². The molecule has 0 aliphatic heterocycles. The highest BCUT2D eigenvalue weighted by atomic mass is 35.5. The Labute approximate surface area is 115 Å². The summed E-state index contributed by atoms with van der Waals surface area (Å²) < 4.78 is 5.58. The van der Waals surface area contributed by atoms with Gasteiger partial charge < -0.3 is 16.2 Å². The van der Waals surface area contributed by atoms with Crippen LogP contribution in [0.1, 0.15) is 15.9 Å². The highest BCUT2D eigenvalue weighted by Gasteiger charge is 2.06. The molecule has 2 aromatic rings. The molecule has 0 fully saturated rings. The first kappa shape index (κ1) is 13.2. The quantitative estimate of drug-likeness (QED) is 0.843. The Morgan fingerprint density at radius 3 is 2.42 bits per heavy atom. The number of hydrogen-bond acceptors (Lipinski definition) is 3. The van der Waals surface area contributed by atoms with Gasteiger partial charge in [0, 0.05) is 5.56 Å². The van der Waals surface area contributed by atoms with Crippen LogP contribution in [0.4, 0.5) is 5.69 Å². The highest BCUT2D eigenvalue weighted by molar-refractivity contribution is 6.32. The minimum Gasteiger partial charge on any atom is -0.485 e. The van der Waals surface area contributed by atoms with E-state index < -0.39 is 5.91 Å². The maximum Gasteiger partial charge on any atom is 0.248 e. The molecule has 0 atom stereocenters. The van der Waals surface area contributed by atoms with Gasteiger partial charge in [-0.1, -0.05) is 29.8 Å². The third kappa shape index (κ3) is 3.17. The van der Waals surface area contributed by atoms with Gasteiger partial charge in [-0.2, -0.15) is 0 Å². The first-order valence-corrected chi connectivity index (χ1v) is 6.01. The van der Waals surface area contributed by atoms with Gasteiger partial charge in [0.15, 0.2) is 5.75 Å². The van der Waals surface area contributed by atoms with Gasteiger partial charge in [0.25, 0.3) is 0 Å². The molecular weight excluding hydrogens is 264 g/mol. The van der Waals surface area contributed by atoms with E-state index in [0.29, 0.717) is 28.6 Å². The van der Waals surface area contributed by atoms with E-state index in [-0.39, 0.29) is 0 Å². The number of anilines is 1. The molecule has 2 rings (SSSR count). The van der Waals surface area contributed by atoms with Crippen LogP contribution >= 0.6 is 11.6 Å². The zero-order valence-electron chi connectivity index (χ0n) is 10.1. The molecule has 0 saturated heterocycles. The predicted octanol–water partition coefficient (Wildman–Crippen LogP) is 2.60. The molecule has 0 heterocycles. The molecule has 5 heteroatoms. The van der Waals surface area contributed by atoms with Crippen molar-refractivity contribution in [2.24, 2.45) is 5.73 Å². The highest BCUT2D eigenvalue weighted by Crippen LogP contribution is 2.31. The minimum atomic E-state index is -0.456. The summed E-state index contributed by atoms with van der Waals surface area (Å²) in [6.07, 6.45) is 0. The lowest BCUT2D eigenvalue weighted by Gasteiger charge is -2.10. The van der Waals surface area contributed by atoms with E-state index in [2.05, 4.69) is 0 Å². The Kier molecular flexibility index (Phi) is 3.92. The lowest BCUT2D eigenvalue weighted by atomic mass is 10.1. The fourth-order valence-corrected chi connectivity index (χ4v) is 1.83. The van der Waals surface area contributed by atoms with Crippen LogP contribution in [0.2, 0.25) is 5.02 Å². The number of amides is 1. The maximum atomic E-state index is 10.9. The number of carbonyl (C=O) groups excluding carboxylic acids is 1. The van der Waals surface area contributed by atoms with Crippen molar-refractivity contribution in [3.05, 3.63) is 58.6 Å². The van der Waals surface area contributed by atoms with E-state index in [0.717, 1.165) is 5.56 Å². The summed E-state index contributed by atoms with van der Waals surface area (Å²) in [7, 11) is 0. The third-order valence-electron chi connectivity index (χ3n) is 2.62. The molecule has 1 amide bonds. The largest absolute Gasteiger partial charge is 0.485 e. The molecule has 0 radical (unpaired) electrons. The zero-order valence-corrected chi connectivity index (χ0v) is 10.9. The second-order valence-corrected chi connectivity index (χ2v) is 4.42. The number of benzene rings is 2. The number of carbonyl (C=O) groups is 1. The number of halogens is 1. The van der Waals surface area contributed by atoms with Crippen LogP contribution in [0.25, 0.3) is 0 Å². The topological polar surface area (TPSA) is 78.3 Å². The van der Waals surface area contributed by atoms with Gasteiger partial charge in [0.1, 0.15) is 6.61 Å². The number of para-hydroxylation sites is 1. The van der Waals surface area contributed by atoms with Crippen molar-refractivity contribution in [1.29, 1.82) is 0 Å². The van der Waals surface area contributed by atoms with Gasteiger partial charge >= 0.3 is 0 Å².